The first-order valence-electron chi connectivity index (χ1n) is 7.60. The number of nitrogens with zero attached hydrogens (tertiary/aromatic N) is 1. The van der Waals surface area contributed by atoms with E-state index in [0.29, 0.717) is 5.56 Å². The van der Waals surface area contributed by atoms with Crippen LogP contribution in [0.5, 0.6) is 5.75 Å². The first-order valence-corrected chi connectivity index (χ1v) is 9.42. The Balaban J connectivity index is 1.56. The van der Waals surface area contributed by atoms with Gasteiger partial charge >= 0.3 is 0 Å². The van der Waals surface area contributed by atoms with Gasteiger partial charge in [0.1, 0.15) is 4.90 Å². The van der Waals surface area contributed by atoms with Crippen molar-refractivity contribution in [3.63, 3.8) is 0 Å². The van der Waals surface area contributed by atoms with Crippen molar-refractivity contribution in [3.05, 3.63) is 58.9 Å². The average Bonchev–Trinajstić information content (AvgIpc) is 2.53. The molecule has 0 bridgehead atoms. The lowest BCUT2D eigenvalue weighted by molar-refractivity contribution is -0.0296. The zero-order valence-electron chi connectivity index (χ0n) is 13.5. The lowest BCUT2D eigenvalue weighted by atomic mass is 10.2. The van der Waals surface area contributed by atoms with E-state index < -0.39 is 15.8 Å². The van der Waals surface area contributed by atoms with Crippen molar-refractivity contribution in [3.8, 4) is 5.75 Å². The van der Waals surface area contributed by atoms with Crippen LogP contribution in [0.4, 0.5) is 4.39 Å². The molecule has 0 radical (unpaired) electrons. The molecule has 5 nitrogen and oxygen atoms in total. The number of sulfonamides is 1. The molecule has 25 heavy (non-hydrogen) atoms. The van der Waals surface area contributed by atoms with E-state index in [0.717, 1.165) is 0 Å². The van der Waals surface area contributed by atoms with Gasteiger partial charge in [-0.2, -0.15) is 4.31 Å². The van der Waals surface area contributed by atoms with Gasteiger partial charge in [-0.25, -0.2) is 12.8 Å². The Bertz CT molecular complexity index is 869. The molecule has 1 heterocycles. The van der Waals surface area contributed by atoms with Gasteiger partial charge in [-0.15, -0.1) is 0 Å². The van der Waals surface area contributed by atoms with Crippen LogP contribution in [-0.2, 0) is 21.4 Å². The lowest BCUT2D eigenvalue weighted by Gasteiger charge is -2.37. The van der Waals surface area contributed by atoms with Crippen molar-refractivity contribution in [2.45, 2.75) is 17.6 Å². The van der Waals surface area contributed by atoms with Crippen LogP contribution in [0.3, 0.4) is 0 Å². The minimum absolute atomic E-state index is 0.0901. The minimum Gasteiger partial charge on any atom is -0.494 e. The SMILES string of the molecule is COc1ccc(COC2CN(S(=O)(=O)c3ccccc3Cl)C2)cc1F. The molecule has 0 aliphatic carbocycles. The van der Waals surface area contributed by atoms with E-state index in [2.05, 4.69) is 0 Å². The molecule has 0 N–H and O–H groups in total. The van der Waals surface area contributed by atoms with Gasteiger partial charge in [0.15, 0.2) is 11.6 Å². The predicted molar refractivity (Wildman–Crippen MR) is 91.7 cm³/mol. The number of ether oxygens (including phenoxy) is 2. The number of rotatable bonds is 6. The maximum atomic E-state index is 13.6. The second-order valence-electron chi connectivity index (χ2n) is 5.65. The van der Waals surface area contributed by atoms with Crippen molar-refractivity contribution < 1.29 is 22.3 Å². The van der Waals surface area contributed by atoms with E-state index in [4.69, 9.17) is 21.1 Å². The van der Waals surface area contributed by atoms with Crippen molar-refractivity contribution in [2.75, 3.05) is 20.2 Å². The normalized spacial score (nSPS) is 15.8. The molecule has 1 fully saturated rings. The van der Waals surface area contributed by atoms with Gasteiger partial charge in [0.25, 0.3) is 0 Å². The first kappa shape index (κ1) is 18.1. The van der Waals surface area contributed by atoms with Crippen LogP contribution in [-0.4, -0.2) is 39.0 Å². The Morgan fingerprint density at radius 1 is 1.24 bits per heavy atom. The standard InChI is InChI=1S/C17H17ClFNO4S/c1-23-16-7-6-12(8-15(16)19)11-24-13-9-20(10-13)25(21,22)17-5-3-2-4-14(17)18/h2-8,13H,9-11H2,1H3. The molecule has 0 saturated carbocycles. The summed E-state index contributed by atoms with van der Waals surface area (Å²) >= 11 is 5.97. The minimum atomic E-state index is -3.62. The molecular formula is C17H17ClFNO4S. The highest BCUT2D eigenvalue weighted by atomic mass is 35.5. The van der Waals surface area contributed by atoms with E-state index in [1.165, 1.54) is 29.6 Å². The lowest BCUT2D eigenvalue weighted by Crippen LogP contribution is -2.54. The quantitative estimate of drug-likeness (QED) is 0.766. The van der Waals surface area contributed by atoms with Gasteiger partial charge in [0.05, 0.1) is 24.8 Å². The Morgan fingerprint density at radius 3 is 2.60 bits per heavy atom. The highest BCUT2D eigenvalue weighted by molar-refractivity contribution is 7.89. The van der Waals surface area contributed by atoms with E-state index >= 15 is 0 Å². The zero-order valence-corrected chi connectivity index (χ0v) is 15.1. The Morgan fingerprint density at radius 2 is 1.96 bits per heavy atom. The van der Waals surface area contributed by atoms with Gasteiger partial charge in [0.2, 0.25) is 10.0 Å². The van der Waals surface area contributed by atoms with Crippen molar-refractivity contribution in [1.82, 2.24) is 4.31 Å². The fourth-order valence-corrected chi connectivity index (χ4v) is 4.51. The second-order valence-corrected chi connectivity index (χ2v) is 7.97. The molecule has 3 rings (SSSR count). The van der Waals surface area contributed by atoms with Gasteiger partial charge < -0.3 is 9.47 Å². The third kappa shape index (κ3) is 3.79. The van der Waals surface area contributed by atoms with Crippen molar-refractivity contribution >= 4 is 21.6 Å². The van der Waals surface area contributed by atoms with Gasteiger partial charge in [-0.1, -0.05) is 29.8 Å². The van der Waals surface area contributed by atoms with Crippen LogP contribution in [0.15, 0.2) is 47.4 Å². The third-order valence-corrected chi connectivity index (χ3v) is 6.30. The summed E-state index contributed by atoms with van der Waals surface area (Å²) in [4.78, 5) is 0.0901. The van der Waals surface area contributed by atoms with Crippen LogP contribution < -0.4 is 4.74 Å². The first-order chi connectivity index (χ1) is 11.9. The number of hydrogen-bond donors (Lipinski definition) is 0. The monoisotopic (exact) mass is 385 g/mol. The molecule has 0 spiro atoms. The summed E-state index contributed by atoms with van der Waals surface area (Å²) < 4.78 is 50.4. The van der Waals surface area contributed by atoms with E-state index in [1.54, 1.807) is 24.3 Å². The summed E-state index contributed by atoms with van der Waals surface area (Å²) in [5, 5.41) is 0.195. The molecule has 134 valence electrons. The molecule has 0 unspecified atom stereocenters. The van der Waals surface area contributed by atoms with Gasteiger partial charge in [-0.3, -0.25) is 0 Å². The Hall–Kier alpha value is -1.67. The molecule has 1 aliphatic heterocycles. The van der Waals surface area contributed by atoms with E-state index in [-0.39, 0.29) is 41.5 Å². The number of benzene rings is 2. The summed E-state index contributed by atoms with van der Waals surface area (Å²) in [5.74, 6) is -0.287. The molecule has 1 saturated heterocycles. The summed E-state index contributed by atoms with van der Waals surface area (Å²) in [5.41, 5.74) is 0.658. The smallest absolute Gasteiger partial charge is 0.244 e. The highest BCUT2D eigenvalue weighted by Crippen LogP contribution is 2.28. The highest BCUT2D eigenvalue weighted by Gasteiger charge is 2.38. The van der Waals surface area contributed by atoms with Gasteiger partial charge in [0, 0.05) is 13.1 Å². The predicted octanol–water partition coefficient (Wildman–Crippen LogP) is 3.08. The fraction of sp³-hybridized carbons (Fsp3) is 0.294. The number of methoxy groups -OCH3 is 1. The Kier molecular flexibility index (Phi) is 5.29. The van der Waals surface area contributed by atoms with E-state index in [9.17, 15) is 12.8 Å². The van der Waals surface area contributed by atoms with Gasteiger partial charge in [-0.05, 0) is 29.8 Å². The Labute approximate surface area is 151 Å². The van der Waals surface area contributed by atoms with Crippen LogP contribution >= 0.6 is 11.6 Å². The molecule has 0 amide bonds. The number of halogens is 2. The van der Waals surface area contributed by atoms with Crippen LogP contribution in [0, 0.1) is 5.82 Å². The van der Waals surface area contributed by atoms with Crippen molar-refractivity contribution in [1.29, 1.82) is 0 Å². The summed E-state index contributed by atoms with van der Waals surface area (Å²) in [6, 6.07) is 10.9. The van der Waals surface area contributed by atoms with E-state index in [1.807, 2.05) is 0 Å². The van der Waals surface area contributed by atoms with Crippen LogP contribution in [0.25, 0.3) is 0 Å². The molecule has 2 aromatic carbocycles. The average molecular weight is 386 g/mol. The largest absolute Gasteiger partial charge is 0.494 e. The molecule has 8 heteroatoms. The van der Waals surface area contributed by atoms with Crippen LogP contribution in [0.2, 0.25) is 5.02 Å². The summed E-state index contributed by atoms with van der Waals surface area (Å²) in [7, 11) is -2.22. The molecule has 1 aliphatic rings. The third-order valence-electron chi connectivity index (χ3n) is 3.97. The van der Waals surface area contributed by atoms with Crippen molar-refractivity contribution in [2.24, 2.45) is 0 Å². The topological polar surface area (TPSA) is 55.8 Å². The number of hydrogen-bond acceptors (Lipinski definition) is 4. The van der Waals surface area contributed by atoms with Crippen LogP contribution in [0.1, 0.15) is 5.56 Å². The molecule has 2 aromatic rings. The maximum absolute atomic E-state index is 13.6. The molecular weight excluding hydrogens is 369 g/mol. The summed E-state index contributed by atoms with van der Waals surface area (Å²) in [6.45, 7) is 0.684. The molecule has 0 aromatic heterocycles. The maximum Gasteiger partial charge on any atom is 0.244 e. The molecule has 0 atom stereocenters. The fourth-order valence-electron chi connectivity index (χ4n) is 2.51. The zero-order chi connectivity index (χ0) is 18.0. The summed E-state index contributed by atoms with van der Waals surface area (Å²) in [6.07, 6.45) is -0.234. The second kappa shape index (κ2) is 7.29.